The average molecular weight is 128 g/mol. The van der Waals surface area contributed by atoms with E-state index in [4.69, 9.17) is 5.73 Å². The van der Waals surface area contributed by atoms with Gasteiger partial charge in [-0.2, -0.15) is 0 Å². The lowest BCUT2D eigenvalue weighted by Crippen LogP contribution is -1.90. The van der Waals surface area contributed by atoms with Crippen LogP contribution in [0.4, 0.5) is 14.5 Å². The Bertz CT molecular complexity index is 222. The minimum atomic E-state index is -0.838. The monoisotopic (exact) mass is 128 g/mol. The fourth-order valence-corrected chi connectivity index (χ4v) is 0.455. The lowest BCUT2D eigenvalue weighted by atomic mass is 10.3. The molecule has 1 rings (SSSR count). The highest BCUT2D eigenvalue weighted by atomic mass is 19.1. The third-order valence-electron chi connectivity index (χ3n) is 0.892. The molecule has 47 valence electrons. The second kappa shape index (κ2) is 2.01. The number of hydrogen-bond acceptors (Lipinski definition) is 1. The zero-order valence-corrected chi connectivity index (χ0v) is 4.49. The molecule has 0 spiro atoms. The highest BCUT2D eigenvalue weighted by Crippen LogP contribution is 2.08. The van der Waals surface area contributed by atoms with Crippen LogP contribution in [0.25, 0.3) is 0 Å². The molecule has 0 fully saturated rings. The van der Waals surface area contributed by atoms with E-state index in [-0.39, 0.29) is 5.69 Å². The number of halogens is 2. The highest BCUT2D eigenvalue weighted by Gasteiger charge is 1.97. The van der Waals surface area contributed by atoms with Crippen molar-refractivity contribution in [1.82, 2.24) is 0 Å². The van der Waals surface area contributed by atoms with Gasteiger partial charge in [-0.3, -0.25) is 0 Å². The molecule has 1 radical (unpaired) electrons. The van der Waals surface area contributed by atoms with Crippen LogP contribution in [0.15, 0.2) is 12.1 Å². The van der Waals surface area contributed by atoms with E-state index in [9.17, 15) is 8.78 Å². The SMILES string of the molecule is Nc1ccc(F)[c]c1F. The second-order valence-corrected chi connectivity index (χ2v) is 1.58. The van der Waals surface area contributed by atoms with E-state index >= 15 is 0 Å². The Morgan fingerprint density at radius 2 is 2.00 bits per heavy atom. The van der Waals surface area contributed by atoms with E-state index in [0.29, 0.717) is 0 Å². The minimum Gasteiger partial charge on any atom is -0.396 e. The Hall–Kier alpha value is -1.12. The number of rotatable bonds is 0. The Labute approximate surface area is 51.1 Å². The van der Waals surface area contributed by atoms with Crippen molar-refractivity contribution in [2.24, 2.45) is 0 Å². The van der Waals surface area contributed by atoms with Crippen molar-refractivity contribution in [3.63, 3.8) is 0 Å². The van der Waals surface area contributed by atoms with Crippen molar-refractivity contribution in [3.8, 4) is 0 Å². The van der Waals surface area contributed by atoms with Crippen molar-refractivity contribution in [2.75, 3.05) is 5.73 Å². The van der Waals surface area contributed by atoms with Crippen molar-refractivity contribution < 1.29 is 8.78 Å². The summed E-state index contributed by atoms with van der Waals surface area (Å²) in [6.07, 6.45) is 0. The third kappa shape index (κ3) is 1.16. The van der Waals surface area contributed by atoms with Crippen LogP contribution in [0, 0.1) is 17.7 Å². The van der Waals surface area contributed by atoms with E-state index < -0.39 is 11.6 Å². The third-order valence-corrected chi connectivity index (χ3v) is 0.892. The van der Waals surface area contributed by atoms with Crippen LogP contribution in [0.5, 0.6) is 0 Å². The molecule has 0 aromatic heterocycles. The normalized spacial score (nSPS) is 9.56. The van der Waals surface area contributed by atoms with Crippen molar-refractivity contribution in [2.45, 2.75) is 0 Å². The predicted octanol–water partition coefficient (Wildman–Crippen LogP) is 1.35. The van der Waals surface area contributed by atoms with Gasteiger partial charge in [0.15, 0.2) is 5.82 Å². The predicted molar refractivity (Wildman–Crippen MR) is 29.6 cm³/mol. The number of hydrogen-bond donors (Lipinski definition) is 1. The lowest BCUT2D eigenvalue weighted by molar-refractivity contribution is 0.582. The molecule has 0 aliphatic carbocycles. The van der Waals surface area contributed by atoms with Gasteiger partial charge in [0.2, 0.25) is 0 Å². The number of nitrogens with two attached hydrogens (primary N) is 1. The molecule has 0 atom stereocenters. The van der Waals surface area contributed by atoms with Crippen LogP contribution in [0.1, 0.15) is 0 Å². The molecule has 0 unspecified atom stereocenters. The number of benzene rings is 1. The summed E-state index contributed by atoms with van der Waals surface area (Å²) in [6.45, 7) is 0. The van der Waals surface area contributed by atoms with Crippen molar-refractivity contribution in [3.05, 3.63) is 29.8 Å². The van der Waals surface area contributed by atoms with E-state index in [1.807, 2.05) is 0 Å². The highest BCUT2D eigenvalue weighted by molar-refractivity contribution is 5.38. The Morgan fingerprint density at radius 3 is 2.44 bits per heavy atom. The summed E-state index contributed by atoms with van der Waals surface area (Å²) in [7, 11) is 0. The van der Waals surface area contributed by atoms with Gasteiger partial charge in [-0.1, -0.05) is 0 Å². The van der Waals surface area contributed by atoms with Gasteiger partial charge >= 0.3 is 0 Å². The largest absolute Gasteiger partial charge is 0.396 e. The molecular formula is C6H4F2N. The van der Waals surface area contributed by atoms with E-state index in [1.165, 1.54) is 0 Å². The molecule has 2 N–H and O–H groups in total. The molecule has 0 bridgehead atoms. The lowest BCUT2D eigenvalue weighted by Gasteiger charge is -1.91. The van der Waals surface area contributed by atoms with Gasteiger partial charge in [0.05, 0.1) is 11.8 Å². The average Bonchev–Trinajstić information content (AvgIpc) is 1.80. The standard InChI is InChI=1S/C6H4F2N/c7-4-1-2-6(9)5(8)3-4/h1-2H,9H2. The molecule has 0 saturated carbocycles. The fraction of sp³-hybridized carbons (Fsp3) is 0. The van der Waals surface area contributed by atoms with Crippen LogP contribution < -0.4 is 5.73 Å². The Morgan fingerprint density at radius 1 is 1.33 bits per heavy atom. The number of anilines is 1. The van der Waals surface area contributed by atoms with Gasteiger partial charge in [0.1, 0.15) is 5.82 Å². The van der Waals surface area contributed by atoms with Crippen LogP contribution in [-0.2, 0) is 0 Å². The minimum absolute atomic E-state index is 0.0867. The molecule has 0 aliphatic heterocycles. The molecule has 0 aliphatic rings. The molecule has 0 amide bonds. The Balaban J connectivity index is 3.17. The molecular weight excluding hydrogens is 124 g/mol. The second-order valence-electron chi connectivity index (χ2n) is 1.58. The quantitative estimate of drug-likeness (QED) is 0.524. The van der Waals surface area contributed by atoms with Gasteiger partial charge in [-0.05, 0) is 12.1 Å². The summed E-state index contributed by atoms with van der Waals surface area (Å²) < 4.78 is 24.2. The van der Waals surface area contributed by atoms with E-state index in [0.717, 1.165) is 12.1 Å². The molecule has 0 heterocycles. The molecule has 0 saturated heterocycles. The molecule has 1 aromatic carbocycles. The summed E-state index contributed by atoms with van der Waals surface area (Å²) >= 11 is 0. The Kier molecular flexibility index (Phi) is 1.34. The smallest absolute Gasteiger partial charge is 0.157 e. The number of nitrogen functional groups attached to an aromatic ring is 1. The summed E-state index contributed by atoms with van der Waals surface area (Å²) in [4.78, 5) is 0. The zero-order chi connectivity index (χ0) is 6.85. The zero-order valence-electron chi connectivity index (χ0n) is 4.49. The maximum atomic E-state index is 12.2. The summed E-state index contributed by atoms with van der Waals surface area (Å²) in [6, 6.07) is 3.99. The van der Waals surface area contributed by atoms with E-state index in [2.05, 4.69) is 0 Å². The van der Waals surface area contributed by atoms with Crippen LogP contribution in [0.2, 0.25) is 0 Å². The van der Waals surface area contributed by atoms with Crippen LogP contribution in [-0.4, -0.2) is 0 Å². The van der Waals surface area contributed by atoms with Gasteiger partial charge in [-0.25, -0.2) is 8.78 Å². The molecule has 1 nitrogen and oxygen atoms in total. The summed E-state index contributed by atoms with van der Waals surface area (Å²) in [5, 5.41) is 0. The first kappa shape index (κ1) is 6.01. The van der Waals surface area contributed by atoms with Gasteiger partial charge < -0.3 is 5.73 Å². The molecule has 9 heavy (non-hydrogen) atoms. The topological polar surface area (TPSA) is 26.0 Å². The maximum Gasteiger partial charge on any atom is 0.157 e. The first-order valence-electron chi connectivity index (χ1n) is 2.33. The summed E-state index contributed by atoms with van der Waals surface area (Å²) in [5.41, 5.74) is 4.93. The fourth-order valence-electron chi connectivity index (χ4n) is 0.455. The van der Waals surface area contributed by atoms with Crippen molar-refractivity contribution in [1.29, 1.82) is 0 Å². The van der Waals surface area contributed by atoms with Gasteiger partial charge in [-0.15, -0.1) is 0 Å². The van der Waals surface area contributed by atoms with Crippen LogP contribution in [0.3, 0.4) is 0 Å². The summed E-state index contributed by atoms with van der Waals surface area (Å²) in [5.74, 6) is -1.57. The van der Waals surface area contributed by atoms with Crippen molar-refractivity contribution >= 4 is 5.69 Å². The first-order valence-corrected chi connectivity index (χ1v) is 2.33. The molecule has 3 heteroatoms. The van der Waals surface area contributed by atoms with E-state index in [1.54, 1.807) is 6.07 Å². The maximum absolute atomic E-state index is 12.2. The van der Waals surface area contributed by atoms with Gasteiger partial charge in [0, 0.05) is 0 Å². The molecule has 1 aromatic rings. The van der Waals surface area contributed by atoms with Gasteiger partial charge in [0.25, 0.3) is 0 Å². The van der Waals surface area contributed by atoms with Crippen LogP contribution >= 0.6 is 0 Å². The first-order chi connectivity index (χ1) is 4.20.